The smallest absolute Gasteiger partial charge is 0.216 e. The molecule has 3 aromatic rings. The van der Waals surface area contributed by atoms with Crippen LogP contribution in [0.5, 0.6) is 0 Å². The Labute approximate surface area is 168 Å². The number of nitrogens with one attached hydrogen (secondary N) is 1. The lowest BCUT2D eigenvalue weighted by Gasteiger charge is -2.05. The molecule has 1 aromatic heterocycles. The van der Waals surface area contributed by atoms with Gasteiger partial charge in [0.1, 0.15) is 5.82 Å². The average Bonchev–Trinajstić information content (AvgIpc) is 3.06. The predicted octanol–water partition coefficient (Wildman–Crippen LogP) is 3.14. The van der Waals surface area contributed by atoms with E-state index in [1.54, 1.807) is 0 Å². The van der Waals surface area contributed by atoms with E-state index in [-0.39, 0.29) is 11.7 Å². The Hall–Kier alpha value is -2.93. The van der Waals surface area contributed by atoms with Crippen molar-refractivity contribution in [1.29, 1.82) is 0 Å². The Kier molecular flexibility index (Phi) is 6.60. The van der Waals surface area contributed by atoms with Crippen LogP contribution in [0, 0.1) is 0 Å². The third kappa shape index (κ3) is 5.07. The Morgan fingerprint density at radius 1 is 1.00 bits per heavy atom. The van der Waals surface area contributed by atoms with Crippen molar-refractivity contribution >= 4 is 23.5 Å². The summed E-state index contributed by atoms with van der Waals surface area (Å²) in [5.41, 5.74) is 2.89. The van der Waals surface area contributed by atoms with Gasteiger partial charge in [0.15, 0.2) is 10.9 Å². The van der Waals surface area contributed by atoms with Gasteiger partial charge >= 0.3 is 0 Å². The molecule has 6 nitrogen and oxygen atoms in total. The minimum absolute atomic E-state index is 0.0485. The molecule has 0 unspecified atom stereocenters. The molecule has 0 aliphatic carbocycles. The van der Waals surface area contributed by atoms with Crippen molar-refractivity contribution < 1.29 is 9.59 Å². The molecule has 3 rings (SSSR count). The molecule has 0 bridgehead atoms. The monoisotopic (exact) mass is 394 g/mol. The minimum atomic E-state index is -0.0688. The van der Waals surface area contributed by atoms with Gasteiger partial charge in [-0.1, -0.05) is 66.4 Å². The van der Waals surface area contributed by atoms with Gasteiger partial charge in [0.25, 0.3) is 0 Å². The second-order valence-electron chi connectivity index (χ2n) is 6.35. The molecule has 0 aliphatic heterocycles. The highest BCUT2D eigenvalue weighted by Gasteiger charge is 2.13. The molecule has 0 fully saturated rings. The highest BCUT2D eigenvalue weighted by molar-refractivity contribution is 7.99. The Morgan fingerprint density at radius 2 is 1.68 bits per heavy atom. The number of hydrogen-bond donors (Lipinski definition) is 1. The summed E-state index contributed by atoms with van der Waals surface area (Å²) in [6.45, 7) is 1.99. The summed E-state index contributed by atoms with van der Waals surface area (Å²) < 4.78 is 1.86. The first-order valence-corrected chi connectivity index (χ1v) is 9.97. The van der Waals surface area contributed by atoms with Crippen LogP contribution in [-0.2, 0) is 18.3 Å². The fraction of sp³-hybridized carbons (Fsp3) is 0.238. The van der Waals surface area contributed by atoms with Gasteiger partial charge in [-0.2, -0.15) is 0 Å². The van der Waals surface area contributed by atoms with Crippen molar-refractivity contribution in [3.8, 4) is 11.1 Å². The number of hydrogen-bond acceptors (Lipinski definition) is 5. The molecule has 144 valence electrons. The molecule has 7 heteroatoms. The van der Waals surface area contributed by atoms with E-state index in [4.69, 9.17) is 0 Å². The van der Waals surface area contributed by atoms with Crippen LogP contribution >= 0.6 is 11.8 Å². The summed E-state index contributed by atoms with van der Waals surface area (Å²) in [4.78, 5) is 23.4. The first kappa shape index (κ1) is 19.8. The van der Waals surface area contributed by atoms with Crippen LogP contribution in [0.25, 0.3) is 11.1 Å². The number of Topliss-reactive ketones (excluding diaryl/α,β-unsaturated/α-hetero) is 1. The Morgan fingerprint density at radius 3 is 2.36 bits per heavy atom. The van der Waals surface area contributed by atoms with Gasteiger partial charge in [-0.15, -0.1) is 10.2 Å². The normalized spacial score (nSPS) is 10.6. The highest BCUT2D eigenvalue weighted by atomic mass is 32.2. The molecule has 1 heterocycles. The lowest BCUT2D eigenvalue weighted by molar-refractivity contribution is -0.118. The van der Waals surface area contributed by atoms with Crippen molar-refractivity contribution in [2.75, 3.05) is 12.3 Å². The molecule has 0 saturated carbocycles. The summed E-state index contributed by atoms with van der Waals surface area (Å²) in [6.07, 6.45) is 0.596. The zero-order valence-electron chi connectivity index (χ0n) is 15.9. The zero-order valence-corrected chi connectivity index (χ0v) is 16.7. The van der Waals surface area contributed by atoms with Gasteiger partial charge in [0.05, 0.1) is 5.75 Å². The fourth-order valence-electron chi connectivity index (χ4n) is 2.73. The molecular weight excluding hydrogens is 372 g/mol. The van der Waals surface area contributed by atoms with Gasteiger partial charge < -0.3 is 9.88 Å². The molecule has 0 radical (unpaired) electrons. The van der Waals surface area contributed by atoms with Gasteiger partial charge in [0.2, 0.25) is 5.91 Å². The standard InChI is InChI=1S/C21H22N4O2S/c1-15(26)22-13-12-20-23-24-21(25(20)2)28-14-19(27)18-10-8-17(9-11-18)16-6-4-3-5-7-16/h3-11H,12-14H2,1-2H3,(H,22,26). The molecule has 1 amide bonds. The molecule has 2 aromatic carbocycles. The highest BCUT2D eigenvalue weighted by Crippen LogP contribution is 2.21. The van der Waals surface area contributed by atoms with Crippen molar-refractivity contribution in [3.63, 3.8) is 0 Å². The Bertz CT molecular complexity index is 952. The maximum Gasteiger partial charge on any atom is 0.216 e. The predicted molar refractivity (Wildman–Crippen MR) is 110 cm³/mol. The second kappa shape index (κ2) is 9.32. The number of carbonyl (C=O) groups excluding carboxylic acids is 2. The molecule has 0 spiro atoms. The number of rotatable bonds is 8. The van der Waals surface area contributed by atoms with E-state index in [9.17, 15) is 9.59 Å². The summed E-state index contributed by atoms with van der Waals surface area (Å²) in [6, 6.07) is 17.7. The number of nitrogens with zero attached hydrogens (tertiary/aromatic N) is 3. The van der Waals surface area contributed by atoms with Crippen molar-refractivity contribution in [2.45, 2.75) is 18.5 Å². The van der Waals surface area contributed by atoms with Crippen molar-refractivity contribution in [1.82, 2.24) is 20.1 Å². The average molecular weight is 395 g/mol. The zero-order chi connectivity index (χ0) is 19.9. The number of amides is 1. The van der Waals surface area contributed by atoms with E-state index in [1.165, 1.54) is 18.7 Å². The third-order valence-corrected chi connectivity index (χ3v) is 5.31. The van der Waals surface area contributed by atoms with Crippen molar-refractivity contribution in [2.24, 2.45) is 7.05 Å². The van der Waals surface area contributed by atoms with Crippen LogP contribution in [-0.4, -0.2) is 38.8 Å². The molecule has 1 N–H and O–H groups in total. The van der Waals surface area contributed by atoms with E-state index in [0.29, 0.717) is 29.4 Å². The van der Waals surface area contributed by atoms with Crippen molar-refractivity contribution in [3.05, 3.63) is 66.0 Å². The lowest BCUT2D eigenvalue weighted by atomic mass is 10.0. The molecular formula is C21H22N4O2S. The first-order valence-electron chi connectivity index (χ1n) is 8.99. The van der Waals surface area contributed by atoms with E-state index in [1.807, 2.05) is 66.2 Å². The summed E-state index contributed by atoms with van der Waals surface area (Å²) in [5.74, 6) is 1.05. The topological polar surface area (TPSA) is 76.9 Å². The summed E-state index contributed by atoms with van der Waals surface area (Å²) in [7, 11) is 1.87. The van der Waals surface area contributed by atoms with Crippen LogP contribution in [0.3, 0.4) is 0 Å². The number of carbonyl (C=O) groups is 2. The van der Waals surface area contributed by atoms with Crippen LogP contribution in [0.4, 0.5) is 0 Å². The Balaban J connectivity index is 1.57. The fourth-order valence-corrected chi connectivity index (χ4v) is 3.56. The summed E-state index contributed by atoms with van der Waals surface area (Å²) in [5, 5.41) is 11.7. The van der Waals surface area contributed by atoms with E-state index >= 15 is 0 Å². The van der Waals surface area contributed by atoms with E-state index < -0.39 is 0 Å². The molecule has 28 heavy (non-hydrogen) atoms. The van der Waals surface area contributed by atoms with Gasteiger partial charge in [-0.05, 0) is 11.1 Å². The number of benzene rings is 2. The minimum Gasteiger partial charge on any atom is -0.356 e. The lowest BCUT2D eigenvalue weighted by Crippen LogP contribution is -2.23. The van der Waals surface area contributed by atoms with Crippen LogP contribution in [0.1, 0.15) is 23.1 Å². The number of aromatic nitrogens is 3. The van der Waals surface area contributed by atoms with E-state index in [2.05, 4.69) is 15.5 Å². The molecule has 0 atom stereocenters. The SMILES string of the molecule is CC(=O)NCCc1nnc(SCC(=O)c2ccc(-c3ccccc3)cc2)n1C. The van der Waals surface area contributed by atoms with Crippen LogP contribution in [0.2, 0.25) is 0 Å². The first-order chi connectivity index (χ1) is 13.5. The third-order valence-electron chi connectivity index (χ3n) is 4.29. The quantitative estimate of drug-likeness (QED) is 0.469. The number of thioether (sulfide) groups is 1. The largest absolute Gasteiger partial charge is 0.356 e. The van der Waals surface area contributed by atoms with Crippen LogP contribution < -0.4 is 5.32 Å². The van der Waals surface area contributed by atoms with Gasteiger partial charge in [-0.25, -0.2) is 0 Å². The number of ketones is 1. The second-order valence-corrected chi connectivity index (χ2v) is 7.29. The van der Waals surface area contributed by atoms with Gasteiger partial charge in [0, 0.05) is 32.5 Å². The van der Waals surface area contributed by atoms with E-state index in [0.717, 1.165) is 17.0 Å². The van der Waals surface area contributed by atoms with Gasteiger partial charge in [-0.3, -0.25) is 9.59 Å². The summed E-state index contributed by atoms with van der Waals surface area (Å²) >= 11 is 1.36. The molecule has 0 aliphatic rings. The maximum absolute atomic E-state index is 12.5. The maximum atomic E-state index is 12.5. The van der Waals surface area contributed by atoms with Crippen LogP contribution in [0.15, 0.2) is 59.8 Å². The molecule has 0 saturated heterocycles.